The molecule has 0 unspecified atom stereocenters. The zero-order valence-electron chi connectivity index (χ0n) is 29.6. The first-order chi connectivity index (χ1) is 26.8. The van der Waals surface area contributed by atoms with Crippen LogP contribution in [0.25, 0.3) is 75.5 Å². The van der Waals surface area contributed by atoms with E-state index in [1.165, 1.54) is 75.5 Å². The van der Waals surface area contributed by atoms with Crippen LogP contribution >= 0.6 is 11.3 Å². The molecule has 0 saturated heterocycles. The van der Waals surface area contributed by atoms with Crippen LogP contribution in [0.4, 0.5) is 17.1 Å². The van der Waals surface area contributed by atoms with Crippen LogP contribution < -0.4 is 4.90 Å². The summed E-state index contributed by atoms with van der Waals surface area (Å²) >= 11 is 1.90. The third-order valence-electron chi connectivity index (χ3n) is 10.5. The monoisotopic (exact) mass is 705 g/mol. The Morgan fingerprint density at radius 3 is 1.41 bits per heavy atom. The second-order valence-corrected chi connectivity index (χ2v) is 14.7. The quantitative estimate of drug-likeness (QED) is 0.160. The highest BCUT2D eigenvalue weighted by Gasteiger charge is 2.16. The fourth-order valence-electron chi connectivity index (χ4n) is 7.82. The summed E-state index contributed by atoms with van der Waals surface area (Å²) in [5.41, 5.74) is 13.3. The number of benzene rings is 9. The van der Waals surface area contributed by atoms with E-state index in [1.807, 2.05) is 11.3 Å². The van der Waals surface area contributed by atoms with Crippen LogP contribution in [0.1, 0.15) is 0 Å². The van der Waals surface area contributed by atoms with Gasteiger partial charge >= 0.3 is 0 Å². The van der Waals surface area contributed by atoms with Gasteiger partial charge in [-0.2, -0.15) is 0 Å². The van der Waals surface area contributed by atoms with Crippen molar-refractivity contribution in [1.82, 2.24) is 0 Å². The Morgan fingerprint density at radius 1 is 0.296 bits per heavy atom. The molecule has 2 heteroatoms. The minimum Gasteiger partial charge on any atom is -0.310 e. The number of anilines is 3. The molecular weight excluding hydrogens is 671 g/mol. The molecule has 0 amide bonds. The van der Waals surface area contributed by atoms with Crippen LogP contribution in [-0.4, -0.2) is 0 Å². The maximum Gasteiger partial charge on any atom is 0.0540 e. The zero-order valence-corrected chi connectivity index (χ0v) is 30.4. The molecular formula is C52H35NS. The van der Waals surface area contributed by atoms with Crippen molar-refractivity contribution in [2.75, 3.05) is 4.90 Å². The maximum atomic E-state index is 2.35. The topological polar surface area (TPSA) is 3.24 Å². The Hall–Kier alpha value is -6.74. The molecule has 1 heterocycles. The molecule has 10 aromatic rings. The number of fused-ring (bicyclic) bond motifs is 4. The fourth-order valence-corrected chi connectivity index (χ4v) is 9.20. The van der Waals surface area contributed by atoms with Crippen molar-refractivity contribution < 1.29 is 0 Å². The summed E-state index contributed by atoms with van der Waals surface area (Å²) in [6, 6.07) is 76.9. The van der Waals surface area contributed by atoms with Crippen molar-refractivity contribution in [3.8, 4) is 44.5 Å². The van der Waals surface area contributed by atoms with Gasteiger partial charge < -0.3 is 4.90 Å². The summed E-state index contributed by atoms with van der Waals surface area (Å²) in [6.45, 7) is 0. The summed E-state index contributed by atoms with van der Waals surface area (Å²) in [5.74, 6) is 0. The minimum atomic E-state index is 1.12. The van der Waals surface area contributed by atoms with Crippen LogP contribution in [0, 0.1) is 0 Å². The lowest BCUT2D eigenvalue weighted by Gasteiger charge is -2.27. The molecule has 0 saturated carbocycles. The third-order valence-corrected chi connectivity index (χ3v) is 11.8. The summed E-state index contributed by atoms with van der Waals surface area (Å²) in [7, 11) is 0. The summed E-state index contributed by atoms with van der Waals surface area (Å²) in [5, 5.41) is 5.09. The van der Waals surface area contributed by atoms with Crippen molar-refractivity contribution in [3.05, 3.63) is 212 Å². The van der Waals surface area contributed by atoms with E-state index >= 15 is 0 Å². The van der Waals surface area contributed by atoms with Gasteiger partial charge in [-0.25, -0.2) is 0 Å². The highest BCUT2D eigenvalue weighted by Crippen LogP contribution is 2.44. The van der Waals surface area contributed by atoms with Gasteiger partial charge in [0.2, 0.25) is 0 Å². The first-order valence-electron chi connectivity index (χ1n) is 18.4. The van der Waals surface area contributed by atoms with E-state index < -0.39 is 0 Å². The summed E-state index contributed by atoms with van der Waals surface area (Å²) < 4.78 is 2.68. The van der Waals surface area contributed by atoms with Crippen molar-refractivity contribution >= 4 is 59.3 Å². The summed E-state index contributed by atoms with van der Waals surface area (Å²) in [6.07, 6.45) is 0. The normalized spacial score (nSPS) is 11.3. The van der Waals surface area contributed by atoms with E-state index in [0.29, 0.717) is 0 Å². The van der Waals surface area contributed by atoms with Crippen LogP contribution in [0.5, 0.6) is 0 Å². The Morgan fingerprint density at radius 2 is 0.741 bits per heavy atom. The molecule has 0 radical (unpaired) electrons. The van der Waals surface area contributed by atoms with Gasteiger partial charge in [0.05, 0.1) is 5.69 Å². The second kappa shape index (κ2) is 13.7. The molecule has 0 aliphatic heterocycles. The molecule has 1 nitrogen and oxygen atoms in total. The molecule has 0 bridgehead atoms. The second-order valence-electron chi connectivity index (χ2n) is 13.7. The van der Waals surface area contributed by atoms with Crippen molar-refractivity contribution in [3.63, 3.8) is 0 Å². The van der Waals surface area contributed by atoms with Gasteiger partial charge in [0, 0.05) is 36.9 Å². The molecule has 0 fully saturated rings. The van der Waals surface area contributed by atoms with E-state index in [2.05, 4.69) is 217 Å². The van der Waals surface area contributed by atoms with Crippen LogP contribution in [0.3, 0.4) is 0 Å². The number of nitrogens with zero attached hydrogens (tertiary/aromatic N) is 1. The number of hydrogen-bond acceptors (Lipinski definition) is 2. The van der Waals surface area contributed by atoms with Crippen molar-refractivity contribution in [2.45, 2.75) is 0 Å². The first-order valence-corrected chi connectivity index (χ1v) is 19.2. The Kier molecular flexibility index (Phi) is 8.09. The Labute approximate surface area is 319 Å². The zero-order chi connectivity index (χ0) is 35.8. The predicted octanol–water partition coefficient (Wildman–Crippen LogP) is 15.3. The van der Waals surface area contributed by atoms with E-state index in [4.69, 9.17) is 0 Å². The smallest absolute Gasteiger partial charge is 0.0540 e. The Balaban J connectivity index is 0.963. The van der Waals surface area contributed by atoms with Gasteiger partial charge in [0.15, 0.2) is 0 Å². The number of thiophene rings is 1. The molecule has 10 rings (SSSR count). The van der Waals surface area contributed by atoms with E-state index in [0.717, 1.165) is 17.1 Å². The van der Waals surface area contributed by atoms with Crippen LogP contribution in [0.15, 0.2) is 212 Å². The van der Waals surface area contributed by atoms with Gasteiger partial charge in [-0.05, 0) is 86.3 Å². The van der Waals surface area contributed by atoms with E-state index in [-0.39, 0.29) is 0 Å². The van der Waals surface area contributed by atoms with Gasteiger partial charge in [0.1, 0.15) is 0 Å². The lowest BCUT2D eigenvalue weighted by Crippen LogP contribution is -2.10. The average Bonchev–Trinajstić information content (AvgIpc) is 3.64. The molecule has 0 N–H and O–H groups in total. The third kappa shape index (κ3) is 5.74. The first kappa shape index (κ1) is 32.0. The fraction of sp³-hybridized carbons (Fsp3) is 0. The largest absolute Gasteiger partial charge is 0.310 e. The highest BCUT2D eigenvalue weighted by atomic mass is 32.1. The number of rotatable bonds is 7. The average molecular weight is 706 g/mol. The number of para-hydroxylation sites is 1. The molecule has 0 aliphatic rings. The van der Waals surface area contributed by atoms with Gasteiger partial charge in [-0.3, -0.25) is 0 Å². The lowest BCUT2D eigenvalue weighted by atomic mass is 9.96. The Bertz CT molecular complexity index is 2900. The molecule has 0 atom stereocenters. The number of hydrogen-bond donors (Lipinski definition) is 0. The van der Waals surface area contributed by atoms with Crippen molar-refractivity contribution in [1.29, 1.82) is 0 Å². The summed E-state index contributed by atoms with van der Waals surface area (Å²) in [4.78, 5) is 2.35. The molecule has 0 aliphatic carbocycles. The van der Waals surface area contributed by atoms with Gasteiger partial charge in [0.25, 0.3) is 0 Å². The SMILES string of the molecule is c1ccc(-c2cccc3c2sc2c(-c4ccc(-c5cccc(-c6ccc(N(c7ccccc7)c7cccc8ccccc78)cc6)c5)cc4)cccc23)cc1. The van der Waals surface area contributed by atoms with Crippen LogP contribution in [-0.2, 0) is 0 Å². The van der Waals surface area contributed by atoms with Crippen LogP contribution in [0.2, 0.25) is 0 Å². The minimum absolute atomic E-state index is 1.12. The molecule has 9 aromatic carbocycles. The molecule has 254 valence electrons. The lowest BCUT2D eigenvalue weighted by molar-refractivity contribution is 1.30. The maximum absolute atomic E-state index is 2.35. The predicted molar refractivity (Wildman–Crippen MR) is 233 cm³/mol. The van der Waals surface area contributed by atoms with Crippen molar-refractivity contribution in [2.24, 2.45) is 0 Å². The van der Waals surface area contributed by atoms with E-state index in [1.54, 1.807) is 0 Å². The standard InChI is InChI=1S/C52H35NS/c1-3-13-39(14-4-1)46-22-11-24-48-49-25-12-23-47(52(49)54-51(46)48)40-29-27-36(28-30-40)41-17-9-18-42(35-41)37-31-33-44(34-32-37)53(43-19-5-2-6-20-43)50-26-10-16-38-15-7-8-21-45(38)50/h1-35H. The van der Waals surface area contributed by atoms with Gasteiger partial charge in [-0.1, -0.05) is 176 Å². The molecule has 0 spiro atoms. The molecule has 1 aromatic heterocycles. The molecule has 54 heavy (non-hydrogen) atoms. The highest BCUT2D eigenvalue weighted by molar-refractivity contribution is 7.26. The van der Waals surface area contributed by atoms with Gasteiger partial charge in [-0.15, -0.1) is 11.3 Å². The van der Waals surface area contributed by atoms with E-state index in [9.17, 15) is 0 Å².